The largest absolute Gasteiger partial charge is 0.372 e. The smallest absolute Gasteiger partial charge is 0.255 e. The molecule has 63 heavy (non-hydrogen) atoms. The van der Waals surface area contributed by atoms with Gasteiger partial charge in [0, 0.05) is 137 Å². The van der Waals surface area contributed by atoms with Crippen molar-refractivity contribution in [2.24, 2.45) is 11.8 Å². The number of halogens is 1. The van der Waals surface area contributed by atoms with Gasteiger partial charge in [-0.05, 0) is 107 Å². The van der Waals surface area contributed by atoms with Gasteiger partial charge in [-0.1, -0.05) is 18.2 Å². The predicted molar refractivity (Wildman–Crippen MR) is 242 cm³/mol. The molecule has 3 atom stereocenters. The zero-order chi connectivity index (χ0) is 43.4. The van der Waals surface area contributed by atoms with Crippen molar-refractivity contribution in [2.75, 3.05) is 81.8 Å². The number of carbonyl (C=O) groups excluding carboxylic acids is 3. The standard InChI is InChI=1S/C49H63FN10O3/c1-32-24-40-39-6-4-5-7-41(39)53-44(40)45(60(32)31-49(2,3)50)36-26-51-48(52-27-36)58-18-14-34(15-19-58)29-56-22-20-55(21-23-56)28-33-12-16-57(17-13-33)37-8-9-38-35(25-37)30-59(47(38)63)42-10-11-43(61)54-46(42)62/h4-9,25-27,32-34,42,45,53H,10-24,28-31H2,1-3H3,(H,54,61,62). The Balaban J connectivity index is 0.672. The summed E-state index contributed by atoms with van der Waals surface area (Å²) in [5, 5.41) is 3.64. The molecule has 2 aromatic heterocycles. The van der Waals surface area contributed by atoms with Crippen LogP contribution in [0.3, 0.4) is 0 Å². The second-order valence-corrected chi connectivity index (χ2v) is 19.9. The molecule has 3 amide bonds. The van der Waals surface area contributed by atoms with Crippen LogP contribution in [0.1, 0.15) is 98.1 Å². The third-order valence-corrected chi connectivity index (χ3v) is 14.9. The zero-order valence-electron chi connectivity index (χ0n) is 37.2. The first kappa shape index (κ1) is 42.1. The maximum absolute atomic E-state index is 15.2. The summed E-state index contributed by atoms with van der Waals surface area (Å²) in [5.41, 5.74) is 6.03. The average molecular weight is 859 g/mol. The average Bonchev–Trinajstić information content (AvgIpc) is 3.81. The normalized spacial score (nSPS) is 24.9. The van der Waals surface area contributed by atoms with Crippen LogP contribution in [0, 0.1) is 11.8 Å². The lowest BCUT2D eigenvalue weighted by Crippen LogP contribution is -2.52. The molecule has 13 nitrogen and oxygen atoms in total. The van der Waals surface area contributed by atoms with Crippen molar-refractivity contribution in [3.63, 3.8) is 0 Å². The van der Waals surface area contributed by atoms with Crippen LogP contribution in [0.5, 0.6) is 0 Å². The Bertz CT molecular complexity index is 2320. The van der Waals surface area contributed by atoms with E-state index in [4.69, 9.17) is 9.97 Å². The van der Waals surface area contributed by atoms with Crippen LogP contribution in [0.25, 0.3) is 10.9 Å². The van der Waals surface area contributed by atoms with Crippen molar-refractivity contribution in [1.82, 2.24) is 39.9 Å². The van der Waals surface area contributed by atoms with E-state index < -0.39 is 11.7 Å². The van der Waals surface area contributed by atoms with E-state index in [-0.39, 0.29) is 36.2 Å². The van der Waals surface area contributed by atoms with Crippen molar-refractivity contribution in [3.05, 3.63) is 82.8 Å². The number of para-hydroxylation sites is 1. The Labute approximate surface area is 370 Å². The minimum atomic E-state index is -1.33. The molecule has 334 valence electrons. The van der Waals surface area contributed by atoms with Crippen LogP contribution >= 0.6 is 0 Å². The Morgan fingerprint density at radius 1 is 0.810 bits per heavy atom. The number of nitrogens with one attached hydrogen (secondary N) is 2. The fraction of sp³-hybridized carbons (Fsp3) is 0.571. The highest BCUT2D eigenvalue weighted by Gasteiger charge is 2.41. The van der Waals surface area contributed by atoms with Crippen LogP contribution in [0.15, 0.2) is 54.9 Å². The lowest BCUT2D eigenvalue weighted by molar-refractivity contribution is -0.136. The lowest BCUT2D eigenvalue weighted by atomic mass is 9.88. The van der Waals surface area contributed by atoms with Crippen molar-refractivity contribution in [3.8, 4) is 0 Å². The molecule has 14 heteroatoms. The van der Waals surface area contributed by atoms with Crippen LogP contribution in [0.2, 0.25) is 0 Å². The van der Waals surface area contributed by atoms with Crippen molar-refractivity contribution >= 4 is 40.3 Å². The summed E-state index contributed by atoms with van der Waals surface area (Å²) >= 11 is 0. The lowest BCUT2D eigenvalue weighted by Gasteiger charge is -2.42. The first-order valence-corrected chi connectivity index (χ1v) is 23.5. The number of aromatic nitrogens is 3. The second kappa shape index (κ2) is 17.2. The minimum absolute atomic E-state index is 0.118. The molecule has 0 saturated carbocycles. The quantitative estimate of drug-likeness (QED) is 0.196. The number of hydrogen-bond donors (Lipinski definition) is 2. The second-order valence-electron chi connectivity index (χ2n) is 19.9. The van der Waals surface area contributed by atoms with Gasteiger partial charge in [-0.3, -0.25) is 24.6 Å². The Hall–Kier alpha value is -4.92. The van der Waals surface area contributed by atoms with Crippen molar-refractivity contribution in [1.29, 1.82) is 0 Å². The first-order valence-electron chi connectivity index (χ1n) is 23.5. The highest BCUT2D eigenvalue weighted by atomic mass is 19.1. The third kappa shape index (κ3) is 8.70. The Kier molecular flexibility index (Phi) is 11.5. The van der Waals surface area contributed by atoms with E-state index in [9.17, 15) is 14.4 Å². The number of piperidine rings is 3. The minimum Gasteiger partial charge on any atom is -0.372 e. The topological polar surface area (TPSA) is 124 Å². The van der Waals surface area contributed by atoms with Gasteiger partial charge < -0.3 is 29.5 Å². The van der Waals surface area contributed by atoms with E-state index in [0.717, 1.165) is 132 Å². The fourth-order valence-corrected chi connectivity index (χ4v) is 11.5. The number of hydrogen-bond acceptors (Lipinski definition) is 10. The summed E-state index contributed by atoms with van der Waals surface area (Å²) in [4.78, 5) is 65.0. The van der Waals surface area contributed by atoms with Gasteiger partial charge in [0.25, 0.3) is 5.91 Å². The van der Waals surface area contributed by atoms with Crippen LogP contribution in [-0.4, -0.2) is 142 Å². The van der Waals surface area contributed by atoms with Gasteiger partial charge in [-0.25, -0.2) is 14.4 Å². The third-order valence-electron chi connectivity index (χ3n) is 14.9. The van der Waals surface area contributed by atoms with Gasteiger partial charge in [-0.15, -0.1) is 0 Å². The summed E-state index contributed by atoms with van der Waals surface area (Å²) in [6, 6.07) is 14.0. The van der Waals surface area contributed by atoms with Gasteiger partial charge in [0.1, 0.15) is 11.7 Å². The Morgan fingerprint density at radius 2 is 1.46 bits per heavy atom. The number of H-pyrrole nitrogens is 1. The molecule has 0 spiro atoms. The molecule has 2 aromatic carbocycles. The van der Waals surface area contributed by atoms with E-state index in [1.165, 1.54) is 10.9 Å². The highest BCUT2D eigenvalue weighted by Crippen LogP contribution is 2.42. The first-order chi connectivity index (χ1) is 30.4. The fourth-order valence-electron chi connectivity index (χ4n) is 11.5. The molecule has 4 fully saturated rings. The predicted octanol–water partition coefficient (Wildman–Crippen LogP) is 5.55. The summed E-state index contributed by atoms with van der Waals surface area (Å²) < 4.78 is 15.2. The summed E-state index contributed by atoms with van der Waals surface area (Å²) in [5.74, 6) is 1.40. The number of alkyl halides is 1. The monoisotopic (exact) mass is 859 g/mol. The summed E-state index contributed by atoms with van der Waals surface area (Å²) in [7, 11) is 0. The van der Waals surface area contributed by atoms with E-state index in [0.29, 0.717) is 36.9 Å². The molecule has 3 unspecified atom stereocenters. The maximum Gasteiger partial charge on any atom is 0.255 e. The van der Waals surface area contributed by atoms with Gasteiger partial charge >= 0.3 is 0 Å². The van der Waals surface area contributed by atoms with Crippen LogP contribution in [0.4, 0.5) is 16.0 Å². The number of nitrogens with zero attached hydrogens (tertiary/aromatic N) is 8. The number of aromatic amines is 1. The number of carbonyl (C=O) groups is 3. The van der Waals surface area contributed by atoms with Gasteiger partial charge in [0.15, 0.2) is 0 Å². The number of anilines is 2. The molecule has 2 N–H and O–H groups in total. The molecular weight excluding hydrogens is 796 g/mol. The molecule has 6 aliphatic rings. The molecule has 4 saturated heterocycles. The number of rotatable bonds is 10. The zero-order valence-corrected chi connectivity index (χ0v) is 37.2. The van der Waals surface area contributed by atoms with E-state index in [1.807, 2.05) is 18.5 Å². The maximum atomic E-state index is 15.2. The van der Waals surface area contributed by atoms with E-state index in [2.05, 4.69) is 78.1 Å². The van der Waals surface area contributed by atoms with E-state index >= 15 is 4.39 Å². The molecule has 6 aliphatic heterocycles. The molecule has 0 bridgehead atoms. The summed E-state index contributed by atoms with van der Waals surface area (Å²) in [6.45, 7) is 17.0. The molecule has 0 aliphatic carbocycles. The van der Waals surface area contributed by atoms with Crippen LogP contribution < -0.4 is 15.1 Å². The van der Waals surface area contributed by atoms with Gasteiger partial charge in [0.05, 0.1) is 6.04 Å². The molecule has 10 rings (SSSR count). The number of piperazine rings is 1. The Morgan fingerprint density at radius 3 is 2.11 bits per heavy atom. The summed E-state index contributed by atoms with van der Waals surface area (Å²) in [6.07, 6.45) is 10.1. The van der Waals surface area contributed by atoms with Crippen LogP contribution in [-0.2, 0) is 22.6 Å². The van der Waals surface area contributed by atoms with Gasteiger partial charge in [-0.2, -0.15) is 0 Å². The van der Waals surface area contributed by atoms with Gasteiger partial charge in [0.2, 0.25) is 17.8 Å². The molecular formula is C49H63FN10O3. The van der Waals surface area contributed by atoms with E-state index in [1.54, 1.807) is 18.7 Å². The SMILES string of the molecule is CC1Cc2c([nH]c3ccccc23)C(c2cnc(N3CCC(CN4CCN(CC5CCN(c6ccc7c(c6)CN(C6CCC(=O)NC6=O)C7=O)CC5)CC4)CC3)nc2)N1CC(C)(C)F. The molecule has 8 heterocycles. The number of benzene rings is 2. The van der Waals surface area contributed by atoms with Crippen molar-refractivity contribution in [2.45, 2.75) is 96.1 Å². The molecule has 0 radical (unpaired) electrons. The van der Waals surface area contributed by atoms with Crippen molar-refractivity contribution < 1.29 is 18.8 Å². The number of imide groups is 1. The molecule has 4 aromatic rings. The number of fused-ring (bicyclic) bond motifs is 4. The highest BCUT2D eigenvalue weighted by molar-refractivity contribution is 6.05. The number of amides is 3.